The van der Waals surface area contributed by atoms with E-state index in [4.69, 9.17) is 4.74 Å². The van der Waals surface area contributed by atoms with Crippen molar-refractivity contribution in [3.05, 3.63) is 54.4 Å². The summed E-state index contributed by atoms with van der Waals surface area (Å²) in [6, 6.07) is 11.6. The Hall–Kier alpha value is -2.07. The van der Waals surface area contributed by atoms with E-state index in [9.17, 15) is 4.79 Å². The third-order valence-electron chi connectivity index (χ3n) is 3.06. The van der Waals surface area contributed by atoms with Crippen molar-refractivity contribution in [2.24, 2.45) is 0 Å². The van der Waals surface area contributed by atoms with Gasteiger partial charge in [-0.1, -0.05) is 0 Å². The van der Waals surface area contributed by atoms with Gasteiger partial charge in [-0.25, -0.2) is 0 Å². The van der Waals surface area contributed by atoms with Gasteiger partial charge in [-0.3, -0.25) is 4.79 Å². The van der Waals surface area contributed by atoms with Crippen LogP contribution in [-0.2, 0) is 4.74 Å². The number of carbonyl (C=O) groups excluding carboxylic acids is 1. The van der Waals surface area contributed by atoms with Crippen molar-refractivity contribution in [1.82, 2.24) is 9.47 Å². The molecule has 0 radical (unpaired) electrons. The first kappa shape index (κ1) is 11.0. The van der Waals surface area contributed by atoms with E-state index >= 15 is 0 Å². The summed E-state index contributed by atoms with van der Waals surface area (Å²) in [6.45, 7) is 1.71. The van der Waals surface area contributed by atoms with Crippen LogP contribution in [-0.4, -0.2) is 35.3 Å². The minimum atomic E-state index is 0.0338. The van der Waals surface area contributed by atoms with Crippen molar-refractivity contribution < 1.29 is 9.53 Å². The number of amides is 1. The van der Waals surface area contributed by atoms with E-state index in [2.05, 4.69) is 0 Å². The Kier molecular flexibility index (Phi) is 2.86. The van der Waals surface area contributed by atoms with E-state index in [-0.39, 0.29) is 5.91 Å². The lowest BCUT2D eigenvalue weighted by molar-refractivity contribution is 0.0695. The average molecular weight is 242 g/mol. The molecule has 18 heavy (non-hydrogen) atoms. The summed E-state index contributed by atoms with van der Waals surface area (Å²) in [4.78, 5) is 13.8. The first-order valence-electron chi connectivity index (χ1n) is 5.95. The summed E-state index contributed by atoms with van der Waals surface area (Å²) in [5.74, 6) is 0.0338. The molecular formula is C14H14N2O2. The van der Waals surface area contributed by atoms with Gasteiger partial charge in [-0.2, -0.15) is 0 Å². The van der Waals surface area contributed by atoms with E-state index in [1.165, 1.54) is 0 Å². The molecule has 2 heterocycles. The van der Waals surface area contributed by atoms with Gasteiger partial charge in [-0.05, 0) is 36.4 Å². The third kappa shape index (κ3) is 2.02. The number of hydrogen-bond acceptors (Lipinski definition) is 2. The van der Waals surface area contributed by atoms with Crippen LogP contribution in [0.15, 0.2) is 48.8 Å². The summed E-state index contributed by atoms with van der Waals surface area (Å²) in [5, 5.41) is 0. The molecule has 0 aliphatic carbocycles. The Morgan fingerprint density at radius 2 is 1.83 bits per heavy atom. The highest BCUT2D eigenvalue weighted by molar-refractivity contribution is 5.94. The molecule has 4 nitrogen and oxygen atoms in total. The fourth-order valence-electron chi connectivity index (χ4n) is 2.04. The zero-order chi connectivity index (χ0) is 12.4. The van der Waals surface area contributed by atoms with Crippen molar-refractivity contribution >= 4 is 5.91 Å². The van der Waals surface area contributed by atoms with Crippen LogP contribution in [0.2, 0.25) is 0 Å². The van der Waals surface area contributed by atoms with Gasteiger partial charge >= 0.3 is 0 Å². The molecule has 92 valence electrons. The molecule has 2 aromatic rings. The molecule has 1 saturated heterocycles. The summed E-state index contributed by atoms with van der Waals surface area (Å²) >= 11 is 0. The molecule has 1 aliphatic heterocycles. The molecule has 1 fully saturated rings. The highest BCUT2D eigenvalue weighted by atomic mass is 16.5. The van der Waals surface area contributed by atoms with Crippen LogP contribution in [0.4, 0.5) is 0 Å². The number of hydrogen-bond donors (Lipinski definition) is 0. The van der Waals surface area contributed by atoms with Crippen LogP contribution < -0.4 is 0 Å². The molecule has 0 saturated carbocycles. The molecule has 0 atom stereocenters. The molecule has 0 spiro atoms. The molecule has 0 N–H and O–H groups in total. The zero-order valence-corrected chi connectivity index (χ0v) is 9.95. The fourth-order valence-corrected chi connectivity index (χ4v) is 2.04. The van der Waals surface area contributed by atoms with Crippen LogP contribution in [0.3, 0.4) is 0 Å². The second-order valence-corrected chi connectivity index (χ2v) is 4.24. The van der Waals surface area contributed by atoms with Gasteiger partial charge in [0.15, 0.2) is 0 Å². The summed E-state index contributed by atoms with van der Waals surface area (Å²) < 4.78 is 7.19. The van der Waals surface area contributed by atoms with Crippen LogP contribution in [0.1, 0.15) is 10.4 Å². The van der Waals surface area contributed by atoms with Gasteiger partial charge < -0.3 is 14.2 Å². The summed E-state index contributed by atoms with van der Waals surface area (Å²) in [6.07, 6.45) is 3.95. The second-order valence-electron chi connectivity index (χ2n) is 4.24. The Morgan fingerprint density at radius 1 is 1.11 bits per heavy atom. The number of aromatic nitrogens is 1. The van der Waals surface area contributed by atoms with Crippen molar-refractivity contribution in [2.75, 3.05) is 19.9 Å². The van der Waals surface area contributed by atoms with E-state index in [0.29, 0.717) is 25.4 Å². The van der Waals surface area contributed by atoms with E-state index in [0.717, 1.165) is 5.69 Å². The lowest BCUT2D eigenvalue weighted by atomic mass is 10.2. The number of nitrogens with zero attached hydrogens (tertiary/aromatic N) is 2. The molecule has 4 heteroatoms. The quantitative estimate of drug-likeness (QED) is 0.806. The van der Waals surface area contributed by atoms with Crippen molar-refractivity contribution in [3.8, 4) is 5.69 Å². The van der Waals surface area contributed by atoms with E-state index in [1.54, 1.807) is 4.90 Å². The van der Waals surface area contributed by atoms with Gasteiger partial charge in [0.25, 0.3) is 5.91 Å². The second kappa shape index (κ2) is 4.66. The van der Waals surface area contributed by atoms with Crippen molar-refractivity contribution in [2.45, 2.75) is 0 Å². The van der Waals surface area contributed by atoms with Gasteiger partial charge in [0.2, 0.25) is 0 Å². The third-order valence-corrected chi connectivity index (χ3v) is 3.06. The van der Waals surface area contributed by atoms with Gasteiger partial charge in [-0.15, -0.1) is 0 Å². The maximum atomic E-state index is 12.1. The lowest BCUT2D eigenvalue weighted by Gasteiger charge is -2.13. The SMILES string of the molecule is O=C(c1ccc(-n2cccc2)cc1)N1CCOC1. The van der Waals surface area contributed by atoms with E-state index < -0.39 is 0 Å². The Morgan fingerprint density at radius 3 is 2.44 bits per heavy atom. The Bertz CT molecular complexity index is 525. The first-order chi connectivity index (χ1) is 8.84. The van der Waals surface area contributed by atoms with Gasteiger partial charge in [0, 0.05) is 30.2 Å². The minimum absolute atomic E-state index is 0.0338. The molecule has 0 bridgehead atoms. The highest BCUT2D eigenvalue weighted by Crippen LogP contribution is 2.13. The number of benzene rings is 1. The zero-order valence-electron chi connectivity index (χ0n) is 9.95. The van der Waals surface area contributed by atoms with Gasteiger partial charge in [0.05, 0.1) is 6.61 Å². The largest absolute Gasteiger partial charge is 0.359 e. The lowest BCUT2D eigenvalue weighted by Crippen LogP contribution is -2.28. The topological polar surface area (TPSA) is 34.5 Å². The standard InChI is InChI=1S/C14H14N2O2/c17-14(16-9-10-18-11-16)12-3-5-13(6-4-12)15-7-1-2-8-15/h1-8H,9-11H2. The highest BCUT2D eigenvalue weighted by Gasteiger charge is 2.19. The Labute approximate surface area is 105 Å². The molecule has 3 rings (SSSR count). The molecule has 0 unspecified atom stereocenters. The van der Waals surface area contributed by atoms with Crippen molar-refractivity contribution in [3.63, 3.8) is 0 Å². The first-order valence-corrected chi connectivity index (χ1v) is 5.95. The van der Waals surface area contributed by atoms with E-state index in [1.807, 2.05) is 53.4 Å². The number of carbonyl (C=O) groups is 1. The predicted molar refractivity (Wildman–Crippen MR) is 67.6 cm³/mol. The van der Waals surface area contributed by atoms with Crippen LogP contribution in [0, 0.1) is 0 Å². The molecular weight excluding hydrogens is 228 g/mol. The monoisotopic (exact) mass is 242 g/mol. The Balaban J connectivity index is 1.80. The van der Waals surface area contributed by atoms with Crippen LogP contribution >= 0.6 is 0 Å². The number of rotatable bonds is 2. The molecule has 1 aliphatic rings. The normalized spacial score (nSPS) is 15.0. The molecule has 1 amide bonds. The van der Waals surface area contributed by atoms with Gasteiger partial charge in [0.1, 0.15) is 6.73 Å². The number of ether oxygens (including phenoxy) is 1. The predicted octanol–water partition coefficient (Wildman–Crippen LogP) is 1.91. The smallest absolute Gasteiger partial charge is 0.255 e. The van der Waals surface area contributed by atoms with Crippen LogP contribution in [0.5, 0.6) is 0 Å². The van der Waals surface area contributed by atoms with Crippen LogP contribution in [0.25, 0.3) is 5.69 Å². The summed E-state index contributed by atoms with van der Waals surface area (Å²) in [5.41, 5.74) is 1.76. The fraction of sp³-hybridized carbons (Fsp3) is 0.214. The minimum Gasteiger partial charge on any atom is -0.359 e. The summed E-state index contributed by atoms with van der Waals surface area (Å²) in [7, 11) is 0. The maximum Gasteiger partial charge on any atom is 0.255 e. The molecule has 1 aromatic carbocycles. The molecule has 1 aromatic heterocycles. The maximum absolute atomic E-state index is 12.1. The van der Waals surface area contributed by atoms with Crippen molar-refractivity contribution in [1.29, 1.82) is 0 Å². The average Bonchev–Trinajstić information content (AvgIpc) is 3.11.